The number of carbonyl (C=O) groups is 2. The van der Waals surface area contributed by atoms with Crippen molar-refractivity contribution in [2.24, 2.45) is 0 Å². The molecular formula is C18H23N3O4. The van der Waals surface area contributed by atoms with Gasteiger partial charge in [-0.1, -0.05) is 31.5 Å². The van der Waals surface area contributed by atoms with E-state index in [-0.39, 0.29) is 30.0 Å². The molecule has 0 fully saturated rings. The van der Waals surface area contributed by atoms with Gasteiger partial charge >= 0.3 is 5.97 Å². The van der Waals surface area contributed by atoms with Gasteiger partial charge in [0.1, 0.15) is 0 Å². The lowest BCUT2D eigenvalue weighted by Gasteiger charge is -2.12. The molecule has 1 aromatic heterocycles. The number of ether oxygens (including phenoxy) is 2. The van der Waals surface area contributed by atoms with E-state index in [4.69, 9.17) is 9.47 Å². The summed E-state index contributed by atoms with van der Waals surface area (Å²) in [7, 11) is 1.45. The van der Waals surface area contributed by atoms with E-state index >= 15 is 0 Å². The van der Waals surface area contributed by atoms with Crippen LogP contribution in [0.4, 0.5) is 0 Å². The Bertz CT molecular complexity index is 712. The topological polar surface area (TPSA) is 82.5 Å². The smallest absolute Gasteiger partial charge is 0.363 e. The van der Waals surface area contributed by atoms with Crippen molar-refractivity contribution in [1.82, 2.24) is 15.1 Å². The normalized spacial score (nSPS) is 11.6. The average Bonchev–Trinajstić information content (AvgIpc) is 3.05. The first kappa shape index (κ1) is 18.5. The van der Waals surface area contributed by atoms with Crippen molar-refractivity contribution in [3.05, 3.63) is 42.2 Å². The molecule has 134 valence electrons. The minimum atomic E-state index is -0.704. The van der Waals surface area contributed by atoms with Crippen molar-refractivity contribution < 1.29 is 19.1 Å². The maximum Gasteiger partial charge on any atom is 0.363 e. The molecule has 0 aliphatic carbocycles. The molecule has 0 spiro atoms. The van der Waals surface area contributed by atoms with E-state index < -0.39 is 5.97 Å². The first-order valence-corrected chi connectivity index (χ1v) is 8.20. The Labute approximate surface area is 146 Å². The highest BCUT2D eigenvalue weighted by atomic mass is 16.5. The summed E-state index contributed by atoms with van der Waals surface area (Å²) in [5, 5.41) is 6.98. The molecular weight excluding hydrogens is 322 g/mol. The molecule has 0 aliphatic rings. The van der Waals surface area contributed by atoms with Gasteiger partial charge in [0, 0.05) is 6.04 Å². The number of hydrogen-bond acceptors (Lipinski definition) is 5. The van der Waals surface area contributed by atoms with Crippen LogP contribution in [0.15, 0.2) is 36.5 Å². The fourth-order valence-electron chi connectivity index (χ4n) is 2.38. The van der Waals surface area contributed by atoms with E-state index in [0.717, 1.165) is 18.5 Å². The third-order valence-electron chi connectivity index (χ3n) is 3.58. The summed E-state index contributed by atoms with van der Waals surface area (Å²) in [5.41, 5.74) is 0.812. The number of rotatable bonds is 8. The molecule has 2 rings (SSSR count). The summed E-state index contributed by atoms with van der Waals surface area (Å²) in [6.45, 7) is 3.60. The molecule has 0 bridgehead atoms. The molecule has 1 aromatic carbocycles. The van der Waals surface area contributed by atoms with Gasteiger partial charge < -0.3 is 14.8 Å². The van der Waals surface area contributed by atoms with Crippen molar-refractivity contribution in [3.8, 4) is 11.4 Å². The summed E-state index contributed by atoms with van der Waals surface area (Å²) in [6, 6.07) is 9.36. The van der Waals surface area contributed by atoms with E-state index in [9.17, 15) is 9.59 Å². The lowest BCUT2D eigenvalue weighted by atomic mass is 10.2. The third kappa shape index (κ3) is 5.07. The number of carbonyl (C=O) groups excluding carboxylic acids is 2. The van der Waals surface area contributed by atoms with Gasteiger partial charge in [-0.3, -0.25) is 4.79 Å². The Morgan fingerprint density at radius 2 is 2.00 bits per heavy atom. The van der Waals surface area contributed by atoms with E-state index in [0.29, 0.717) is 0 Å². The first-order chi connectivity index (χ1) is 12.0. The number of hydrogen-bond donors (Lipinski definition) is 1. The molecule has 1 atom stereocenters. The average molecular weight is 345 g/mol. The Balaban J connectivity index is 2.02. The zero-order valence-corrected chi connectivity index (χ0v) is 14.7. The van der Waals surface area contributed by atoms with Crippen LogP contribution in [-0.2, 0) is 9.53 Å². The molecule has 0 saturated carbocycles. The van der Waals surface area contributed by atoms with E-state index in [1.54, 1.807) is 6.20 Å². The second kappa shape index (κ2) is 8.86. The fraction of sp³-hybridized carbons (Fsp3) is 0.389. The van der Waals surface area contributed by atoms with Crippen LogP contribution < -0.4 is 10.1 Å². The van der Waals surface area contributed by atoms with Gasteiger partial charge in [0.05, 0.1) is 19.0 Å². The van der Waals surface area contributed by atoms with Crippen LogP contribution >= 0.6 is 0 Å². The molecule has 7 nitrogen and oxygen atoms in total. The molecule has 1 amide bonds. The van der Waals surface area contributed by atoms with Gasteiger partial charge in [-0.25, -0.2) is 9.48 Å². The summed E-state index contributed by atoms with van der Waals surface area (Å²) < 4.78 is 11.8. The number of benzene rings is 1. The Hall–Kier alpha value is -2.83. The molecule has 7 heteroatoms. The number of nitrogens with one attached hydrogen (secondary N) is 1. The lowest BCUT2D eigenvalue weighted by molar-refractivity contribution is -0.124. The molecule has 1 heterocycles. The second-order valence-electron chi connectivity index (χ2n) is 5.66. The number of esters is 1. The predicted octanol–water partition coefficient (Wildman–Crippen LogP) is 2.34. The van der Waals surface area contributed by atoms with Crippen LogP contribution in [-0.4, -0.2) is 41.4 Å². The van der Waals surface area contributed by atoms with Crippen LogP contribution in [0, 0.1) is 0 Å². The molecule has 0 unspecified atom stereocenters. The number of nitrogens with zero attached hydrogens (tertiary/aromatic N) is 2. The van der Waals surface area contributed by atoms with Crippen LogP contribution in [0.5, 0.6) is 5.75 Å². The van der Waals surface area contributed by atoms with E-state index in [1.165, 1.54) is 11.8 Å². The maximum atomic E-state index is 12.2. The maximum absolute atomic E-state index is 12.2. The standard InChI is InChI=1S/C18H23N3O4/c1-4-8-13(2)19-16(22)12-25-18(23)17-15(24-3)11-21(20-17)14-9-6-5-7-10-14/h5-7,9-11,13H,4,8,12H2,1-3H3,(H,19,22)/t13-/m1/s1. The minimum Gasteiger partial charge on any atom is -0.493 e. The van der Waals surface area contributed by atoms with Crippen LogP contribution in [0.25, 0.3) is 5.69 Å². The largest absolute Gasteiger partial charge is 0.493 e. The zero-order chi connectivity index (χ0) is 18.2. The van der Waals surface area contributed by atoms with Crippen molar-refractivity contribution >= 4 is 11.9 Å². The predicted molar refractivity (Wildman–Crippen MR) is 92.9 cm³/mol. The molecule has 0 aliphatic heterocycles. The monoisotopic (exact) mass is 345 g/mol. The van der Waals surface area contributed by atoms with Crippen molar-refractivity contribution in [1.29, 1.82) is 0 Å². The molecule has 0 radical (unpaired) electrons. The summed E-state index contributed by atoms with van der Waals surface area (Å²) in [4.78, 5) is 24.0. The number of para-hydroxylation sites is 1. The summed E-state index contributed by atoms with van der Waals surface area (Å²) >= 11 is 0. The van der Waals surface area contributed by atoms with Gasteiger partial charge in [-0.15, -0.1) is 0 Å². The van der Waals surface area contributed by atoms with Crippen molar-refractivity contribution in [2.45, 2.75) is 32.7 Å². The number of methoxy groups -OCH3 is 1. The van der Waals surface area contributed by atoms with E-state index in [1.807, 2.05) is 44.2 Å². The Morgan fingerprint density at radius 3 is 2.64 bits per heavy atom. The number of amides is 1. The van der Waals surface area contributed by atoms with Crippen molar-refractivity contribution in [2.75, 3.05) is 13.7 Å². The molecule has 2 aromatic rings. The van der Waals surface area contributed by atoms with Gasteiger partial charge in [0.2, 0.25) is 5.69 Å². The third-order valence-corrected chi connectivity index (χ3v) is 3.58. The highest BCUT2D eigenvalue weighted by Gasteiger charge is 2.21. The van der Waals surface area contributed by atoms with Gasteiger partial charge in [0.15, 0.2) is 12.4 Å². The second-order valence-corrected chi connectivity index (χ2v) is 5.66. The Morgan fingerprint density at radius 1 is 1.28 bits per heavy atom. The first-order valence-electron chi connectivity index (χ1n) is 8.20. The molecule has 1 N–H and O–H groups in total. The fourth-order valence-corrected chi connectivity index (χ4v) is 2.38. The lowest BCUT2D eigenvalue weighted by Crippen LogP contribution is -2.35. The van der Waals surface area contributed by atoms with Gasteiger partial charge in [-0.2, -0.15) is 5.10 Å². The van der Waals surface area contributed by atoms with E-state index in [2.05, 4.69) is 10.4 Å². The summed E-state index contributed by atoms with van der Waals surface area (Å²) in [6.07, 6.45) is 3.43. The van der Waals surface area contributed by atoms with Crippen LogP contribution in [0.2, 0.25) is 0 Å². The van der Waals surface area contributed by atoms with Gasteiger partial charge in [-0.05, 0) is 25.5 Å². The zero-order valence-electron chi connectivity index (χ0n) is 14.7. The highest BCUT2D eigenvalue weighted by Crippen LogP contribution is 2.20. The minimum absolute atomic E-state index is 0.0285. The molecule has 0 saturated heterocycles. The summed E-state index contributed by atoms with van der Waals surface area (Å²) in [5.74, 6) is -0.755. The van der Waals surface area contributed by atoms with Crippen LogP contribution in [0.3, 0.4) is 0 Å². The Kier molecular flexibility index (Phi) is 6.56. The number of aromatic nitrogens is 2. The van der Waals surface area contributed by atoms with Crippen molar-refractivity contribution in [3.63, 3.8) is 0 Å². The van der Waals surface area contributed by atoms with Crippen LogP contribution in [0.1, 0.15) is 37.2 Å². The highest BCUT2D eigenvalue weighted by molar-refractivity contribution is 5.92. The molecule has 25 heavy (non-hydrogen) atoms. The quantitative estimate of drug-likeness (QED) is 0.743. The SMILES string of the molecule is CCC[C@@H](C)NC(=O)COC(=O)c1nn(-c2ccccc2)cc1OC. The van der Waals surface area contributed by atoms with Gasteiger partial charge in [0.25, 0.3) is 5.91 Å².